The van der Waals surface area contributed by atoms with Crippen LogP contribution in [0.25, 0.3) is 11.1 Å². The largest absolute Gasteiger partial charge is 0.459 e. The molecular weight excluding hydrogens is 378 g/mol. The van der Waals surface area contributed by atoms with E-state index in [9.17, 15) is 9.59 Å². The summed E-state index contributed by atoms with van der Waals surface area (Å²) in [5, 5.41) is 8.31. The van der Waals surface area contributed by atoms with Crippen molar-refractivity contribution in [3.63, 3.8) is 0 Å². The van der Waals surface area contributed by atoms with Crippen molar-refractivity contribution >= 4 is 29.0 Å². The van der Waals surface area contributed by atoms with Crippen molar-refractivity contribution in [3.05, 3.63) is 103 Å². The number of amides is 3. The van der Waals surface area contributed by atoms with Crippen molar-refractivity contribution in [2.45, 2.75) is 0 Å². The van der Waals surface area contributed by atoms with Gasteiger partial charge < -0.3 is 20.4 Å². The molecule has 3 N–H and O–H groups in total. The molecule has 6 nitrogen and oxygen atoms in total. The fraction of sp³-hybridized carbons (Fsp3) is 0. The molecule has 0 radical (unpaired) electrons. The summed E-state index contributed by atoms with van der Waals surface area (Å²) in [6.45, 7) is 0. The average molecular weight is 397 g/mol. The quantitative estimate of drug-likeness (QED) is 0.395. The van der Waals surface area contributed by atoms with E-state index in [0.717, 1.165) is 5.56 Å². The third kappa shape index (κ3) is 4.56. The predicted octanol–water partition coefficient (Wildman–Crippen LogP) is 5.84. The maximum atomic E-state index is 12.7. The number of carbonyl (C=O) groups excluding carboxylic acids is 2. The van der Waals surface area contributed by atoms with Crippen LogP contribution in [-0.4, -0.2) is 11.9 Å². The Morgan fingerprint density at radius 3 is 1.97 bits per heavy atom. The first-order valence-electron chi connectivity index (χ1n) is 9.36. The highest BCUT2D eigenvalue weighted by Gasteiger charge is 2.17. The van der Waals surface area contributed by atoms with Gasteiger partial charge in [0.2, 0.25) is 0 Å². The monoisotopic (exact) mass is 397 g/mol. The number of carbonyl (C=O) groups is 2. The van der Waals surface area contributed by atoms with Crippen LogP contribution in [0.2, 0.25) is 0 Å². The molecule has 1 heterocycles. The second-order valence-electron chi connectivity index (χ2n) is 6.51. The molecule has 0 aliphatic heterocycles. The summed E-state index contributed by atoms with van der Waals surface area (Å²) in [5.74, 6) is -0.147. The minimum atomic E-state index is -0.373. The van der Waals surface area contributed by atoms with Crippen LogP contribution >= 0.6 is 0 Å². The molecule has 1 aromatic heterocycles. The summed E-state index contributed by atoms with van der Waals surface area (Å²) >= 11 is 0. The van der Waals surface area contributed by atoms with Crippen molar-refractivity contribution in [1.82, 2.24) is 0 Å². The highest BCUT2D eigenvalue weighted by molar-refractivity contribution is 6.07. The Kier molecular flexibility index (Phi) is 5.57. The van der Waals surface area contributed by atoms with Crippen molar-refractivity contribution in [2.24, 2.45) is 0 Å². The van der Waals surface area contributed by atoms with Gasteiger partial charge in [-0.05, 0) is 42.0 Å². The molecular formula is C24H19N3O3. The van der Waals surface area contributed by atoms with Crippen LogP contribution in [0.5, 0.6) is 0 Å². The lowest BCUT2D eigenvalue weighted by Crippen LogP contribution is -2.19. The summed E-state index contributed by atoms with van der Waals surface area (Å²) in [6.07, 6.45) is 1.49. The predicted molar refractivity (Wildman–Crippen MR) is 118 cm³/mol. The van der Waals surface area contributed by atoms with Gasteiger partial charge in [-0.15, -0.1) is 0 Å². The first-order chi connectivity index (χ1) is 14.7. The molecule has 0 fully saturated rings. The number of anilines is 3. The molecule has 4 rings (SSSR count). The number of benzene rings is 3. The lowest BCUT2D eigenvalue weighted by atomic mass is 10.1. The van der Waals surface area contributed by atoms with E-state index in [1.54, 1.807) is 42.5 Å². The van der Waals surface area contributed by atoms with Crippen LogP contribution in [-0.2, 0) is 0 Å². The van der Waals surface area contributed by atoms with E-state index in [0.29, 0.717) is 22.6 Å². The Hall–Kier alpha value is -4.32. The minimum absolute atomic E-state index is 0.224. The molecule has 0 saturated carbocycles. The highest BCUT2D eigenvalue weighted by atomic mass is 16.3. The number of nitrogens with one attached hydrogen (secondary N) is 3. The standard InChI is InChI=1S/C24H19N3O3/c28-23(22-21(14-15-30-22)17-8-3-1-4-9-17)25-19-12-7-13-20(16-19)27-24(29)26-18-10-5-2-6-11-18/h1-16H,(H,25,28)(H2,26,27,29). The van der Waals surface area contributed by atoms with Crippen molar-refractivity contribution in [3.8, 4) is 11.1 Å². The Morgan fingerprint density at radius 1 is 0.633 bits per heavy atom. The Balaban J connectivity index is 1.44. The van der Waals surface area contributed by atoms with Gasteiger partial charge in [0, 0.05) is 22.6 Å². The minimum Gasteiger partial charge on any atom is -0.459 e. The number of urea groups is 1. The molecule has 0 spiro atoms. The van der Waals surface area contributed by atoms with Gasteiger partial charge in [-0.25, -0.2) is 4.79 Å². The molecule has 0 aliphatic rings. The van der Waals surface area contributed by atoms with Gasteiger partial charge in [0.05, 0.1) is 6.26 Å². The Morgan fingerprint density at radius 2 is 1.23 bits per heavy atom. The van der Waals surface area contributed by atoms with Gasteiger partial charge >= 0.3 is 6.03 Å². The average Bonchev–Trinajstić information content (AvgIpc) is 3.25. The Bertz CT molecular complexity index is 1150. The van der Waals surface area contributed by atoms with Crippen LogP contribution < -0.4 is 16.0 Å². The summed E-state index contributed by atoms with van der Waals surface area (Å²) < 4.78 is 5.42. The highest BCUT2D eigenvalue weighted by Crippen LogP contribution is 2.26. The van der Waals surface area contributed by atoms with Gasteiger partial charge in [0.15, 0.2) is 5.76 Å². The van der Waals surface area contributed by atoms with E-state index in [2.05, 4.69) is 16.0 Å². The normalized spacial score (nSPS) is 10.3. The number of hydrogen-bond donors (Lipinski definition) is 3. The molecule has 0 aliphatic carbocycles. The summed E-state index contributed by atoms with van der Waals surface area (Å²) in [7, 11) is 0. The maximum absolute atomic E-state index is 12.7. The molecule has 0 atom stereocenters. The lowest BCUT2D eigenvalue weighted by Gasteiger charge is -2.10. The van der Waals surface area contributed by atoms with Crippen molar-refractivity contribution in [1.29, 1.82) is 0 Å². The molecule has 30 heavy (non-hydrogen) atoms. The Labute approximate surface area is 173 Å². The third-order valence-electron chi connectivity index (χ3n) is 4.37. The molecule has 3 aromatic carbocycles. The molecule has 6 heteroatoms. The first kappa shape index (κ1) is 19.0. The number of hydrogen-bond acceptors (Lipinski definition) is 3. The van der Waals surface area contributed by atoms with Crippen LogP contribution in [0, 0.1) is 0 Å². The van der Waals surface area contributed by atoms with Gasteiger partial charge in [0.1, 0.15) is 0 Å². The van der Waals surface area contributed by atoms with Crippen LogP contribution in [0.4, 0.5) is 21.9 Å². The van der Waals surface area contributed by atoms with Gasteiger partial charge in [0.25, 0.3) is 5.91 Å². The fourth-order valence-corrected chi connectivity index (χ4v) is 3.01. The molecule has 3 amide bonds. The number of rotatable bonds is 5. The van der Waals surface area contributed by atoms with Crippen LogP contribution in [0.1, 0.15) is 10.6 Å². The molecule has 0 bridgehead atoms. The van der Waals surface area contributed by atoms with Gasteiger partial charge in [-0.1, -0.05) is 54.6 Å². The number of para-hydroxylation sites is 1. The topological polar surface area (TPSA) is 83.4 Å². The van der Waals surface area contributed by atoms with E-state index in [1.807, 2.05) is 48.5 Å². The second-order valence-corrected chi connectivity index (χ2v) is 6.51. The van der Waals surface area contributed by atoms with Crippen LogP contribution in [0.3, 0.4) is 0 Å². The first-order valence-corrected chi connectivity index (χ1v) is 9.36. The third-order valence-corrected chi connectivity index (χ3v) is 4.37. The molecule has 148 valence electrons. The zero-order valence-electron chi connectivity index (χ0n) is 16.0. The van der Waals surface area contributed by atoms with Crippen molar-refractivity contribution < 1.29 is 14.0 Å². The zero-order chi connectivity index (χ0) is 20.8. The summed E-state index contributed by atoms with van der Waals surface area (Å²) in [6, 6.07) is 27.0. The SMILES string of the molecule is O=C(Nc1ccccc1)Nc1cccc(NC(=O)c2occc2-c2ccccc2)c1. The van der Waals surface area contributed by atoms with E-state index in [1.165, 1.54) is 6.26 Å². The zero-order valence-corrected chi connectivity index (χ0v) is 16.0. The molecule has 4 aromatic rings. The van der Waals surface area contributed by atoms with Crippen molar-refractivity contribution in [2.75, 3.05) is 16.0 Å². The van der Waals surface area contributed by atoms with Gasteiger partial charge in [-0.2, -0.15) is 0 Å². The maximum Gasteiger partial charge on any atom is 0.323 e. The van der Waals surface area contributed by atoms with E-state index >= 15 is 0 Å². The van der Waals surface area contributed by atoms with E-state index < -0.39 is 0 Å². The number of furan rings is 1. The van der Waals surface area contributed by atoms with E-state index in [4.69, 9.17) is 4.42 Å². The lowest BCUT2D eigenvalue weighted by molar-refractivity contribution is 0.0997. The smallest absolute Gasteiger partial charge is 0.323 e. The summed E-state index contributed by atoms with van der Waals surface area (Å²) in [4.78, 5) is 24.9. The molecule has 0 unspecified atom stereocenters. The van der Waals surface area contributed by atoms with E-state index in [-0.39, 0.29) is 17.7 Å². The molecule has 0 saturated heterocycles. The summed E-state index contributed by atoms with van der Waals surface area (Å²) in [5.41, 5.74) is 3.37. The fourth-order valence-electron chi connectivity index (χ4n) is 3.01. The second kappa shape index (κ2) is 8.79. The van der Waals surface area contributed by atoms with Gasteiger partial charge in [-0.3, -0.25) is 4.79 Å². The van der Waals surface area contributed by atoms with Crippen LogP contribution in [0.15, 0.2) is 102 Å².